The number of halogens is 1. The molecular weight excluding hydrogens is 408 g/mol. The fourth-order valence-electron chi connectivity index (χ4n) is 4.57. The smallest absolute Gasteiger partial charge is 0.226 e. The number of aryl methyl sites for hydroxylation is 2. The van der Waals surface area contributed by atoms with Crippen LogP contribution in [0.4, 0.5) is 5.95 Å². The number of anilines is 1. The molecule has 1 unspecified atom stereocenters. The van der Waals surface area contributed by atoms with Gasteiger partial charge in [0.1, 0.15) is 6.04 Å². The number of nitrogens with zero attached hydrogens (tertiary/aromatic N) is 3. The average molecular weight is 433 g/mol. The van der Waals surface area contributed by atoms with Crippen molar-refractivity contribution < 1.29 is 4.79 Å². The van der Waals surface area contributed by atoms with Gasteiger partial charge in [-0.1, -0.05) is 49.7 Å². The first kappa shape index (κ1) is 20.0. The second-order valence-electron chi connectivity index (χ2n) is 9.41. The molecule has 1 N–H and O–H groups in total. The number of aromatic nitrogens is 3. The first-order valence-corrected chi connectivity index (χ1v) is 10.9. The summed E-state index contributed by atoms with van der Waals surface area (Å²) in [5, 5.41) is 8.96. The van der Waals surface area contributed by atoms with E-state index in [2.05, 4.69) is 45.1 Å². The predicted octanol–water partition coefficient (Wildman–Crippen LogP) is 5.87. The third kappa shape index (κ3) is 3.47. The number of allylic oxidation sites excluding steroid dienone is 2. The standard InChI is InChI=1S/C25H25ClN4O/c1-14-5-6-17(11-15(14)2)23-28-24-27-19-12-25(3,4)13-20(31)21(19)22(30(24)29-23)16-7-9-18(26)10-8-16/h5-11,22H,12-13H2,1-4H3,(H,27,28,29). The molecule has 31 heavy (non-hydrogen) atoms. The zero-order valence-corrected chi connectivity index (χ0v) is 18.9. The molecule has 0 saturated heterocycles. The maximum absolute atomic E-state index is 13.3. The van der Waals surface area contributed by atoms with Gasteiger partial charge in [-0.2, -0.15) is 4.98 Å². The highest BCUT2D eigenvalue weighted by Crippen LogP contribution is 2.45. The molecule has 0 spiro atoms. The molecule has 0 radical (unpaired) electrons. The Balaban J connectivity index is 1.67. The lowest BCUT2D eigenvalue weighted by atomic mass is 9.73. The molecular formula is C25H25ClN4O. The lowest BCUT2D eigenvalue weighted by Gasteiger charge is -2.38. The Kier molecular flexibility index (Phi) is 4.56. The molecule has 0 saturated carbocycles. The predicted molar refractivity (Wildman–Crippen MR) is 123 cm³/mol. The molecule has 2 aliphatic rings. The fraction of sp³-hybridized carbons (Fsp3) is 0.320. The first-order chi connectivity index (χ1) is 14.7. The maximum atomic E-state index is 13.3. The molecule has 0 bridgehead atoms. The van der Waals surface area contributed by atoms with Crippen LogP contribution in [0.5, 0.6) is 0 Å². The van der Waals surface area contributed by atoms with Gasteiger partial charge in [0, 0.05) is 28.3 Å². The Hall–Kier alpha value is -2.92. The number of carbonyl (C=O) groups excluding carboxylic acids is 1. The van der Waals surface area contributed by atoms with Gasteiger partial charge in [-0.3, -0.25) is 4.79 Å². The number of nitrogens with one attached hydrogen (secondary N) is 1. The van der Waals surface area contributed by atoms with Crippen LogP contribution in [0.3, 0.4) is 0 Å². The number of benzene rings is 2. The van der Waals surface area contributed by atoms with Gasteiger partial charge in [0.05, 0.1) is 0 Å². The molecule has 5 nitrogen and oxygen atoms in total. The van der Waals surface area contributed by atoms with E-state index in [0.29, 0.717) is 23.2 Å². The number of fused-ring (bicyclic) bond motifs is 1. The van der Waals surface area contributed by atoms with Gasteiger partial charge in [0.15, 0.2) is 11.6 Å². The van der Waals surface area contributed by atoms with E-state index >= 15 is 0 Å². The van der Waals surface area contributed by atoms with E-state index in [-0.39, 0.29) is 17.2 Å². The lowest BCUT2D eigenvalue weighted by molar-refractivity contribution is -0.118. The SMILES string of the molecule is Cc1ccc(-c2nc3n(n2)C(c2ccc(Cl)cc2)C2=C(CC(C)(C)CC2=O)N3)cc1C. The van der Waals surface area contributed by atoms with Crippen LogP contribution in [-0.4, -0.2) is 20.5 Å². The van der Waals surface area contributed by atoms with Gasteiger partial charge in [-0.15, -0.1) is 5.10 Å². The van der Waals surface area contributed by atoms with Crippen molar-refractivity contribution in [1.29, 1.82) is 0 Å². The minimum Gasteiger partial charge on any atom is -0.328 e. The van der Waals surface area contributed by atoms with Gasteiger partial charge < -0.3 is 5.32 Å². The molecule has 6 heteroatoms. The van der Waals surface area contributed by atoms with E-state index in [0.717, 1.165) is 28.8 Å². The van der Waals surface area contributed by atoms with Crippen molar-refractivity contribution in [3.05, 3.63) is 75.4 Å². The van der Waals surface area contributed by atoms with Crippen LogP contribution in [0.15, 0.2) is 53.7 Å². The van der Waals surface area contributed by atoms with Crippen LogP contribution in [0.2, 0.25) is 5.02 Å². The Morgan fingerprint density at radius 2 is 1.81 bits per heavy atom. The first-order valence-electron chi connectivity index (χ1n) is 10.5. The Labute approximate surface area is 187 Å². The van der Waals surface area contributed by atoms with Crippen LogP contribution in [0, 0.1) is 19.3 Å². The molecule has 1 aliphatic heterocycles. The summed E-state index contributed by atoms with van der Waals surface area (Å²) in [5.74, 6) is 1.47. The lowest BCUT2D eigenvalue weighted by Crippen LogP contribution is -2.36. The molecule has 5 rings (SSSR count). The number of Topliss-reactive ketones (excluding diaryl/α,β-unsaturated/α-hetero) is 1. The van der Waals surface area contributed by atoms with E-state index in [4.69, 9.17) is 21.7 Å². The monoisotopic (exact) mass is 432 g/mol. The van der Waals surface area contributed by atoms with Crippen molar-refractivity contribution in [2.45, 2.75) is 46.6 Å². The molecule has 2 heterocycles. The van der Waals surface area contributed by atoms with Crippen molar-refractivity contribution in [1.82, 2.24) is 14.8 Å². The minimum atomic E-state index is -0.320. The number of ketones is 1. The highest BCUT2D eigenvalue weighted by Gasteiger charge is 2.41. The highest BCUT2D eigenvalue weighted by molar-refractivity contribution is 6.30. The summed E-state index contributed by atoms with van der Waals surface area (Å²) in [5.41, 5.74) is 6.01. The third-order valence-corrected chi connectivity index (χ3v) is 6.53. The molecule has 158 valence electrons. The summed E-state index contributed by atoms with van der Waals surface area (Å²) >= 11 is 6.14. The van der Waals surface area contributed by atoms with Crippen LogP contribution >= 0.6 is 11.6 Å². The Bertz CT molecular complexity index is 1240. The Morgan fingerprint density at radius 1 is 1.06 bits per heavy atom. The van der Waals surface area contributed by atoms with E-state index < -0.39 is 0 Å². The summed E-state index contributed by atoms with van der Waals surface area (Å²) in [7, 11) is 0. The topological polar surface area (TPSA) is 59.8 Å². The molecule has 0 amide bonds. The minimum absolute atomic E-state index is 0.0907. The highest BCUT2D eigenvalue weighted by atomic mass is 35.5. The van der Waals surface area contributed by atoms with Gasteiger partial charge in [-0.25, -0.2) is 4.68 Å². The van der Waals surface area contributed by atoms with Crippen molar-refractivity contribution in [3.8, 4) is 11.4 Å². The molecule has 2 aromatic carbocycles. The summed E-state index contributed by atoms with van der Waals surface area (Å²) in [6.07, 6.45) is 1.32. The largest absolute Gasteiger partial charge is 0.328 e. The van der Waals surface area contributed by atoms with Gasteiger partial charge >= 0.3 is 0 Å². The van der Waals surface area contributed by atoms with Crippen LogP contribution < -0.4 is 5.32 Å². The van der Waals surface area contributed by atoms with Crippen molar-refractivity contribution in [2.75, 3.05) is 5.32 Å². The summed E-state index contributed by atoms with van der Waals surface area (Å²) in [4.78, 5) is 18.1. The fourth-order valence-corrected chi connectivity index (χ4v) is 4.69. The summed E-state index contributed by atoms with van der Waals surface area (Å²) in [6, 6.07) is 13.6. The summed E-state index contributed by atoms with van der Waals surface area (Å²) < 4.78 is 1.85. The molecule has 1 atom stereocenters. The van der Waals surface area contributed by atoms with Gasteiger partial charge in [0.25, 0.3) is 0 Å². The molecule has 0 fully saturated rings. The van der Waals surface area contributed by atoms with E-state index in [9.17, 15) is 4.79 Å². The average Bonchev–Trinajstić information content (AvgIpc) is 3.12. The van der Waals surface area contributed by atoms with Crippen LogP contribution in [-0.2, 0) is 4.79 Å². The number of hydrogen-bond donors (Lipinski definition) is 1. The maximum Gasteiger partial charge on any atom is 0.226 e. The van der Waals surface area contributed by atoms with Crippen LogP contribution in [0.25, 0.3) is 11.4 Å². The van der Waals surface area contributed by atoms with E-state index in [1.807, 2.05) is 35.0 Å². The van der Waals surface area contributed by atoms with E-state index in [1.54, 1.807) is 0 Å². The third-order valence-electron chi connectivity index (χ3n) is 6.28. The molecule has 3 aromatic rings. The number of rotatable bonds is 2. The van der Waals surface area contributed by atoms with Crippen molar-refractivity contribution in [3.63, 3.8) is 0 Å². The Morgan fingerprint density at radius 3 is 2.52 bits per heavy atom. The quantitative estimate of drug-likeness (QED) is 0.549. The van der Waals surface area contributed by atoms with E-state index in [1.165, 1.54) is 11.1 Å². The second kappa shape index (κ2) is 7.06. The van der Waals surface area contributed by atoms with Crippen molar-refractivity contribution >= 4 is 23.3 Å². The normalized spacial score (nSPS) is 19.6. The molecule has 1 aliphatic carbocycles. The zero-order valence-electron chi connectivity index (χ0n) is 18.2. The number of carbonyl (C=O) groups is 1. The van der Waals surface area contributed by atoms with Gasteiger partial charge in [0.2, 0.25) is 5.95 Å². The van der Waals surface area contributed by atoms with Gasteiger partial charge in [-0.05, 0) is 60.6 Å². The van der Waals surface area contributed by atoms with Crippen molar-refractivity contribution in [2.24, 2.45) is 5.41 Å². The zero-order chi connectivity index (χ0) is 21.9. The van der Waals surface area contributed by atoms with Crippen LogP contribution in [0.1, 0.15) is 49.4 Å². The summed E-state index contributed by atoms with van der Waals surface area (Å²) in [6.45, 7) is 8.44. The second-order valence-corrected chi connectivity index (χ2v) is 9.85. The molecule has 1 aromatic heterocycles. The number of hydrogen-bond acceptors (Lipinski definition) is 4.